The van der Waals surface area contributed by atoms with Crippen LogP contribution in [0.4, 0.5) is 4.39 Å². The van der Waals surface area contributed by atoms with E-state index in [-0.39, 0.29) is 18.9 Å². The number of aromatic nitrogens is 2. The van der Waals surface area contributed by atoms with E-state index in [0.717, 1.165) is 0 Å². The van der Waals surface area contributed by atoms with Crippen molar-refractivity contribution >= 4 is 11.8 Å². The van der Waals surface area contributed by atoms with E-state index in [0.29, 0.717) is 5.16 Å². The van der Waals surface area contributed by atoms with Crippen LogP contribution >= 0.6 is 11.8 Å². The Balaban J connectivity index is 0.000000810. The molecular weight excluding hydrogens is 146 g/mol. The summed E-state index contributed by atoms with van der Waals surface area (Å²) >= 11 is 1.30. The zero-order valence-electron chi connectivity index (χ0n) is 5.76. The molecule has 0 aliphatic carbocycles. The first-order valence-corrected chi connectivity index (χ1v) is 3.49. The summed E-state index contributed by atoms with van der Waals surface area (Å²) in [7, 11) is 0. The van der Waals surface area contributed by atoms with Crippen LogP contribution in [0.5, 0.6) is 0 Å². The van der Waals surface area contributed by atoms with Gasteiger partial charge in [0, 0.05) is 5.95 Å². The predicted molar refractivity (Wildman–Crippen MR) is 32.6 cm³/mol. The van der Waals surface area contributed by atoms with Crippen molar-refractivity contribution in [3.8, 4) is 0 Å². The Morgan fingerprint density at radius 2 is 2.40 bits per heavy atom. The molecule has 1 heterocycles. The molecule has 0 atom stereocenters. The minimum atomic E-state index is -0.602. The normalized spacial score (nSPS) is 8.60. The molecule has 1 rings (SSSR count). The van der Waals surface area contributed by atoms with Crippen LogP contribution in [0.25, 0.3) is 0 Å². The summed E-state index contributed by atoms with van der Waals surface area (Å²) in [6.45, 7) is 0. The topological polar surface area (TPSA) is 25.8 Å². The molecular formula is C5H4FLiN2S. The minimum absolute atomic E-state index is 0. The van der Waals surface area contributed by atoms with Crippen molar-refractivity contribution in [1.82, 2.24) is 9.97 Å². The van der Waals surface area contributed by atoms with E-state index in [1.807, 2.05) is 0 Å². The number of hydrogen-bond donors (Lipinski definition) is 0. The molecule has 10 heavy (non-hydrogen) atoms. The number of nitrogens with zero attached hydrogens (tertiary/aromatic N) is 2. The molecule has 0 spiro atoms. The van der Waals surface area contributed by atoms with Crippen molar-refractivity contribution in [1.29, 1.82) is 0 Å². The van der Waals surface area contributed by atoms with Gasteiger partial charge in [0.15, 0.2) is 5.16 Å². The maximum atomic E-state index is 12.1. The largest absolute Gasteiger partial charge is 1.00 e. The van der Waals surface area contributed by atoms with E-state index in [2.05, 4.69) is 16.0 Å². The van der Waals surface area contributed by atoms with Crippen LogP contribution in [0.2, 0.25) is 0 Å². The summed E-state index contributed by atoms with van der Waals surface area (Å²) in [6, 6.07) is 2.20. The summed E-state index contributed by atoms with van der Waals surface area (Å²) in [4.78, 5) is 7.14. The van der Waals surface area contributed by atoms with Crippen LogP contribution < -0.4 is 18.9 Å². The molecule has 0 bridgehead atoms. The van der Waals surface area contributed by atoms with Gasteiger partial charge >= 0.3 is 18.9 Å². The van der Waals surface area contributed by atoms with Crippen molar-refractivity contribution in [2.24, 2.45) is 0 Å². The van der Waals surface area contributed by atoms with E-state index in [9.17, 15) is 4.39 Å². The molecule has 1 aromatic heterocycles. The molecule has 2 nitrogen and oxygen atoms in total. The van der Waals surface area contributed by atoms with Crippen molar-refractivity contribution in [3.05, 3.63) is 18.2 Å². The van der Waals surface area contributed by atoms with Crippen LogP contribution in [0.3, 0.4) is 0 Å². The average Bonchev–Trinajstić information content (AvgIpc) is 1.88. The Bertz CT molecular complexity index is 209. The summed E-state index contributed by atoms with van der Waals surface area (Å²) in [6.07, 6.45) is 3.06. The third kappa shape index (κ3) is 2.69. The van der Waals surface area contributed by atoms with Crippen molar-refractivity contribution < 1.29 is 23.3 Å². The Kier molecular flexibility index (Phi) is 4.70. The van der Waals surface area contributed by atoms with Gasteiger partial charge in [0.2, 0.25) is 0 Å². The molecule has 0 amide bonds. The zero-order valence-corrected chi connectivity index (χ0v) is 6.57. The summed E-state index contributed by atoms with van der Waals surface area (Å²) in [5.41, 5.74) is 0. The molecule has 0 radical (unpaired) electrons. The van der Waals surface area contributed by atoms with Gasteiger partial charge < -0.3 is 6.07 Å². The number of thioether (sulfide) groups is 1. The van der Waals surface area contributed by atoms with Crippen LogP contribution in [-0.4, -0.2) is 16.2 Å². The van der Waals surface area contributed by atoms with Gasteiger partial charge in [-0.2, -0.15) is 0 Å². The van der Waals surface area contributed by atoms with Gasteiger partial charge in [0.1, 0.15) is 0 Å². The molecule has 1 aromatic rings. The zero-order chi connectivity index (χ0) is 6.69. The third-order valence-electron chi connectivity index (χ3n) is 0.735. The molecule has 5 heteroatoms. The maximum Gasteiger partial charge on any atom is 1.00 e. The van der Waals surface area contributed by atoms with Crippen molar-refractivity contribution in [2.75, 3.05) is 6.26 Å². The fraction of sp³-hybridized carbons (Fsp3) is 0.200. The number of rotatable bonds is 1. The van der Waals surface area contributed by atoms with Crippen LogP contribution in [0, 0.1) is 12.0 Å². The van der Waals surface area contributed by atoms with Gasteiger partial charge in [0.05, 0.1) is 0 Å². The second-order valence-electron chi connectivity index (χ2n) is 1.29. The molecule has 0 saturated heterocycles. The number of halogens is 1. The van der Waals surface area contributed by atoms with Gasteiger partial charge in [-0.15, -0.1) is 6.20 Å². The minimum Gasteiger partial charge on any atom is -0.395 e. The van der Waals surface area contributed by atoms with Crippen molar-refractivity contribution in [2.45, 2.75) is 5.16 Å². The molecule has 0 saturated carbocycles. The van der Waals surface area contributed by atoms with Crippen molar-refractivity contribution in [3.63, 3.8) is 0 Å². The average molecular weight is 150 g/mol. The standard InChI is InChI=1S/C5H4FN2S.Li/c1-9-5-7-3-2-4(6)8-5;/h3H,1H3;/q-1;+1. The van der Waals surface area contributed by atoms with Crippen LogP contribution in [-0.2, 0) is 0 Å². The Morgan fingerprint density at radius 3 is 2.80 bits per heavy atom. The second kappa shape index (κ2) is 4.72. The van der Waals surface area contributed by atoms with E-state index in [4.69, 9.17) is 0 Å². The number of hydrogen-bond acceptors (Lipinski definition) is 3. The fourth-order valence-corrected chi connectivity index (χ4v) is 0.714. The quantitative estimate of drug-likeness (QED) is 0.154. The Morgan fingerprint density at radius 1 is 1.70 bits per heavy atom. The van der Waals surface area contributed by atoms with Gasteiger partial charge in [-0.1, -0.05) is 11.8 Å². The first kappa shape index (κ1) is 9.96. The molecule has 0 N–H and O–H groups in total. The van der Waals surface area contributed by atoms with Gasteiger partial charge in [-0.25, -0.2) is 9.37 Å². The van der Waals surface area contributed by atoms with Gasteiger partial charge in [-0.3, -0.25) is 4.98 Å². The SMILES string of the molecule is CSc1nc[c-]c(F)n1.[Li+]. The molecule has 0 aromatic carbocycles. The third-order valence-corrected chi connectivity index (χ3v) is 1.30. The predicted octanol–water partition coefficient (Wildman–Crippen LogP) is -1.86. The smallest absolute Gasteiger partial charge is 0.395 e. The molecule has 0 fully saturated rings. The monoisotopic (exact) mass is 150 g/mol. The van der Waals surface area contributed by atoms with Crippen LogP contribution in [0.1, 0.15) is 0 Å². The molecule has 48 valence electrons. The summed E-state index contributed by atoms with van der Waals surface area (Å²) < 4.78 is 12.1. The molecule has 0 aliphatic heterocycles. The summed E-state index contributed by atoms with van der Waals surface area (Å²) in [5.74, 6) is -0.602. The Labute approximate surface area is 74.8 Å². The van der Waals surface area contributed by atoms with Gasteiger partial charge in [-0.05, 0) is 6.26 Å². The molecule has 0 aliphatic rings. The molecule has 0 unspecified atom stereocenters. The Hall–Kier alpha value is -0.0426. The first-order valence-electron chi connectivity index (χ1n) is 2.27. The van der Waals surface area contributed by atoms with E-state index >= 15 is 0 Å². The fourth-order valence-electron chi connectivity index (χ4n) is 0.384. The van der Waals surface area contributed by atoms with E-state index in [1.165, 1.54) is 18.0 Å². The van der Waals surface area contributed by atoms with E-state index in [1.54, 1.807) is 6.26 Å². The first-order chi connectivity index (χ1) is 4.33. The summed E-state index contributed by atoms with van der Waals surface area (Å²) in [5, 5.41) is 0.436. The van der Waals surface area contributed by atoms with Gasteiger partial charge in [0.25, 0.3) is 0 Å². The van der Waals surface area contributed by atoms with E-state index < -0.39 is 5.95 Å². The van der Waals surface area contributed by atoms with Crippen LogP contribution in [0.15, 0.2) is 11.4 Å². The second-order valence-corrected chi connectivity index (χ2v) is 2.07. The maximum absolute atomic E-state index is 12.1.